The highest BCUT2D eigenvalue weighted by molar-refractivity contribution is 7.76. The maximum absolute atomic E-state index is 13.9. The van der Waals surface area contributed by atoms with Gasteiger partial charge in [-0.2, -0.15) is 13.2 Å². The average molecular weight is 419 g/mol. The minimum Gasteiger partial charge on any atom is -0.489 e. The fraction of sp³-hybridized carbons (Fsp3) is 0.500. The zero-order valence-corrected chi connectivity index (χ0v) is 14.9. The molecule has 26 heavy (non-hydrogen) atoms. The molecule has 1 saturated carbocycles. The Bertz CT molecular complexity index is 715. The van der Waals surface area contributed by atoms with Crippen molar-refractivity contribution in [3.05, 3.63) is 28.5 Å². The third-order valence-electron chi connectivity index (χ3n) is 3.48. The Morgan fingerprint density at radius 2 is 2.12 bits per heavy atom. The third kappa shape index (κ3) is 5.29. The molecule has 1 aromatic carbocycles. The van der Waals surface area contributed by atoms with E-state index in [2.05, 4.69) is 5.32 Å². The van der Waals surface area contributed by atoms with Crippen LogP contribution in [0.25, 0.3) is 0 Å². The van der Waals surface area contributed by atoms with Crippen LogP contribution in [0.15, 0.2) is 12.1 Å². The van der Waals surface area contributed by atoms with E-state index in [4.69, 9.17) is 20.9 Å². The van der Waals surface area contributed by atoms with Gasteiger partial charge in [-0.1, -0.05) is 11.6 Å². The smallest absolute Gasteiger partial charge is 0.473 e. The number of carbonyl (C=O) groups excluding carboxylic acids is 1. The first kappa shape index (κ1) is 20.9. The Labute approximate surface area is 153 Å². The Balaban J connectivity index is 2.13. The average Bonchev–Trinajstić information content (AvgIpc) is 3.28. The molecule has 0 aromatic heterocycles. The van der Waals surface area contributed by atoms with Gasteiger partial charge in [0.1, 0.15) is 6.61 Å². The molecule has 0 bridgehead atoms. The Morgan fingerprint density at radius 1 is 1.50 bits per heavy atom. The molecule has 0 radical (unpaired) electrons. The molecule has 2 rings (SSSR count). The molecule has 0 saturated heterocycles. The third-order valence-corrected chi connectivity index (χ3v) is 4.69. The lowest BCUT2D eigenvalue weighted by molar-refractivity contribution is -0.222. The fourth-order valence-electron chi connectivity index (χ4n) is 2.08. The van der Waals surface area contributed by atoms with Crippen LogP contribution < -0.4 is 10.1 Å². The van der Waals surface area contributed by atoms with E-state index < -0.39 is 52.0 Å². The maximum atomic E-state index is 13.9. The van der Waals surface area contributed by atoms with Gasteiger partial charge >= 0.3 is 6.30 Å². The number of alkyl halides is 3. The van der Waals surface area contributed by atoms with Crippen molar-refractivity contribution in [3.63, 3.8) is 0 Å². The molecular weight excluding hydrogens is 404 g/mol. The van der Waals surface area contributed by atoms with E-state index in [1.165, 1.54) is 0 Å². The zero-order chi connectivity index (χ0) is 19.6. The van der Waals surface area contributed by atoms with Crippen LogP contribution in [0.2, 0.25) is 5.02 Å². The fourth-order valence-corrected chi connectivity index (χ4v) is 2.86. The number of halogens is 5. The molecule has 2 N–H and O–H groups in total. The lowest BCUT2D eigenvalue weighted by atomic mass is 10.2. The zero-order valence-electron chi connectivity index (χ0n) is 13.3. The summed E-state index contributed by atoms with van der Waals surface area (Å²) in [5.74, 6) is -2.02. The SMILES string of the molecule is C[C@@H](COc1cc(C(=O)NC2CC2)c(Cl)cc1F)N(S(=O)O)C(F)(F)F. The predicted octanol–water partition coefficient (Wildman–Crippen LogP) is 3.10. The van der Waals surface area contributed by atoms with Gasteiger partial charge in [-0.05, 0) is 31.9 Å². The first-order valence-corrected chi connectivity index (χ1v) is 8.84. The molecule has 12 heteroatoms. The number of hydrogen-bond donors (Lipinski definition) is 2. The maximum Gasteiger partial charge on any atom is 0.473 e. The Kier molecular flexibility index (Phi) is 6.48. The molecular formula is C14H15ClF4N2O4S. The monoisotopic (exact) mass is 418 g/mol. The normalized spacial score (nSPS) is 17.1. The molecule has 6 nitrogen and oxygen atoms in total. The molecule has 0 heterocycles. The molecule has 1 aromatic rings. The molecule has 1 aliphatic rings. The summed E-state index contributed by atoms with van der Waals surface area (Å²) in [5.41, 5.74) is -0.0824. The molecule has 2 atom stereocenters. The number of hydrogen-bond acceptors (Lipinski definition) is 3. The van der Waals surface area contributed by atoms with Crippen molar-refractivity contribution >= 4 is 28.8 Å². The topological polar surface area (TPSA) is 78.9 Å². The summed E-state index contributed by atoms with van der Waals surface area (Å²) in [4.78, 5) is 12.0. The van der Waals surface area contributed by atoms with Crippen molar-refractivity contribution in [2.75, 3.05) is 6.61 Å². The highest BCUT2D eigenvalue weighted by atomic mass is 35.5. The number of ether oxygens (including phenoxy) is 1. The van der Waals surface area contributed by atoms with Gasteiger partial charge in [-0.25, -0.2) is 8.60 Å². The first-order chi connectivity index (χ1) is 12.0. The van der Waals surface area contributed by atoms with Gasteiger partial charge < -0.3 is 10.1 Å². The predicted molar refractivity (Wildman–Crippen MR) is 85.5 cm³/mol. The first-order valence-electron chi connectivity index (χ1n) is 7.40. The number of carbonyl (C=O) groups is 1. The Morgan fingerprint density at radius 3 is 2.62 bits per heavy atom. The quantitative estimate of drug-likeness (QED) is 0.405. The van der Waals surface area contributed by atoms with E-state index in [1.54, 1.807) is 0 Å². The van der Waals surface area contributed by atoms with Crippen LogP contribution in [-0.4, -0.2) is 44.0 Å². The highest BCUT2D eigenvalue weighted by Crippen LogP contribution is 2.29. The van der Waals surface area contributed by atoms with E-state index in [9.17, 15) is 26.6 Å². The second-order valence-corrected chi connectivity index (χ2v) is 6.96. The van der Waals surface area contributed by atoms with E-state index in [1.807, 2.05) is 0 Å². The summed E-state index contributed by atoms with van der Waals surface area (Å²) in [5, 5.41) is 2.47. The molecule has 1 unspecified atom stereocenters. The van der Waals surface area contributed by atoms with Crippen molar-refractivity contribution in [2.24, 2.45) is 0 Å². The van der Waals surface area contributed by atoms with Crippen LogP contribution in [0.5, 0.6) is 5.75 Å². The molecule has 146 valence electrons. The highest BCUT2D eigenvalue weighted by Gasteiger charge is 2.45. The summed E-state index contributed by atoms with van der Waals surface area (Å²) in [7, 11) is 0. The van der Waals surface area contributed by atoms with E-state index in [0.29, 0.717) is 0 Å². The van der Waals surface area contributed by atoms with Gasteiger partial charge in [-0.15, -0.1) is 4.31 Å². The molecule has 1 aliphatic carbocycles. The molecule has 0 aliphatic heterocycles. The largest absolute Gasteiger partial charge is 0.489 e. The number of rotatable bonds is 7. The number of nitrogens with one attached hydrogen (secondary N) is 1. The van der Waals surface area contributed by atoms with Crippen molar-refractivity contribution in [3.8, 4) is 5.75 Å². The van der Waals surface area contributed by atoms with Crippen LogP contribution in [0.4, 0.5) is 17.6 Å². The second-order valence-electron chi connectivity index (χ2n) is 5.69. The number of nitrogens with zero attached hydrogens (tertiary/aromatic N) is 1. The van der Waals surface area contributed by atoms with Crippen molar-refractivity contribution < 1.29 is 35.9 Å². The van der Waals surface area contributed by atoms with E-state index in [0.717, 1.165) is 31.9 Å². The van der Waals surface area contributed by atoms with Crippen LogP contribution in [0.1, 0.15) is 30.1 Å². The lowest BCUT2D eigenvalue weighted by Gasteiger charge is -2.26. The summed E-state index contributed by atoms with van der Waals surface area (Å²) < 4.78 is 76.2. The van der Waals surface area contributed by atoms with Crippen LogP contribution >= 0.6 is 11.6 Å². The minimum absolute atomic E-state index is 0.0212. The molecule has 1 fully saturated rings. The Hall–Kier alpha value is -1.43. The van der Waals surface area contributed by atoms with Crippen molar-refractivity contribution in [1.82, 2.24) is 9.62 Å². The van der Waals surface area contributed by atoms with Crippen LogP contribution in [-0.2, 0) is 11.3 Å². The van der Waals surface area contributed by atoms with Gasteiger partial charge in [0.15, 0.2) is 11.6 Å². The number of benzene rings is 1. The van der Waals surface area contributed by atoms with Crippen LogP contribution in [0, 0.1) is 5.82 Å². The van der Waals surface area contributed by atoms with E-state index >= 15 is 0 Å². The second kappa shape index (κ2) is 8.07. The standard InChI is InChI=1S/C14H15ClF4N2O4S/c1-7(21(26(23)24)14(17,18)19)6-25-12-4-9(10(15)5-11(12)16)13(22)20-8-2-3-8/h4-5,7-8H,2-3,6H2,1H3,(H,20,22)(H,23,24)/t7-/m0/s1. The van der Waals surface area contributed by atoms with Gasteiger partial charge in [0.25, 0.3) is 5.91 Å². The van der Waals surface area contributed by atoms with Crippen molar-refractivity contribution in [2.45, 2.75) is 38.1 Å². The summed E-state index contributed by atoms with van der Waals surface area (Å²) in [6, 6.07) is 0.220. The van der Waals surface area contributed by atoms with Crippen molar-refractivity contribution in [1.29, 1.82) is 0 Å². The van der Waals surface area contributed by atoms with E-state index in [-0.39, 0.29) is 16.6 Å². The molecule has 0 spiro atoms. The minimum atomic E-state index is -5.09. The number of amides is 1. The summed E-state index contributed by atoms with van der Waals surface area (Å²) in [6.45, 7) is 0.226. The summed E-state index contributed by atoms with van der Waals surface area (Å²) >= 11 is 2.50. The van der Waals surface area contributed by atoms with Gasteiger partial charge in [0.2, 0.25) is 11.3 Å². The lowest BCUT2D eigenvalue weighted by Crippen LogP contribution is -2.47. The van der Waals surface area contributed by atoms with Gasteiger partial charge in [-0.3, -0.25) is 9.35 Å². The van der Waals surface area contributed by atoms with Crippen LogP contribution in [0.3, 0.4) is 0 Å². The van der Waals surface area contributed by atoms with Gasteiger partial charge in [0.05, 0.1) is 16.6 Å². The van der Waals surface area contributed by atoms with Gasteiger partial charge in [0, 0.05) is 6.04 Å². The molecule has 1 amide bonds. The summed E-state index contributed by atoms with van der Waals surface area (Å²) in [6.07, 6.45) is -3.45.